The quantitative estimate of drug-likeness (QED) is 0.519. The van der Waals surface area contributed by atoms with Gasteiger partial charge in [-0.25, -0.2) is 0 Å². The molecule has 0 unspecified atom stereocenters. The molecule has 1 heterocycles. The van der Waals surface area contributed by atoms with Crippen LogP contribution < -0.4 is 4.98 Å². The maximum atomic E-state index is 8.86. The zero-order valence-electron chi connectivity index (χ0n) is 4.68. The van der Waals surface area contributed by atoms with Crippen molar-refractivity contribution in [2.45, 2.75) is 6.92 Å². The number of aromatic hydroxyl groups is 1. The molecule has 0 fully saturated rings. The highest BCUT2D eigenvalue weighted by atomic mass is 16.3. The van der Waals surface area contributed by atoms with Gasteiger partial charge in [-0.3, -0.25) is 0 Å². The minimum absolute atomic E-state index is 0.243. The van der Waals surface area contributed by atoms with Gasteiger partial charge in [0.2, 0.25) is 0 Å². The van der Waals surface area contributed by atoms with Gasteiger partial charge < -0.3 is 5.11 Å². The molecule has 0 bridgehead atoms. The molecule has 1 aromatic rings. The second-order valence-corrected chi connectivity index (χ2v) is 1.70. The van der Waals surface area contributed by atoms with Crippen LogP contribution in [0.2, 0.25) is 0 Å². The summed E-state index contributed by atoms with van der Waals surface area (Å²) in [6, 6.07) is 3.68. The second-order valence-electron chi connectivity index (χ2n) is 1.70. The molecule has 0 radical (unpaired) electrons. The molecule has 0 atom stereocenters. The van der Waals surface area contributed by atoms with Crippen molar-refractivity contribution in [3.8, 4) is 5.88 Å². The van der Waals surface area contributed by atoms with Crippen LogP contribution in [-0.2, 0) is 0 Å². The van der Waals surface area contributed by atoms with E-state index in [0.717, 1.165) is 5.56 Å². The number of hydrogen-bond acceptors (Lipinski definition) is 1. The van der Waals surface area contributed by atoms with Crippen molar-refractivity contribution in [3.05, 3.63) is 23.9 Å². The van der Waals surface area contributed by atoms with E-state index in [1.807, 2.05) is 19.1 Å². The number of aryl methyl sites for hydroxylation is 1. The number of aromatic nitrogens is 1. The number of aromatic amines is 1. The number of H-pyrrole nitrogens is 1. The molecule has 0 aliphatic carbocycles. The molecular weight excluding hydrogens is 102 g/mol. The molecular formula is C6H8NO+. The maximum Gasteiger partial charge on any atom is 0.366 e. The predicted octanol–water partition coefficient (Wildman–Crippen LogP) is 0.515. The Morgan fingerprint density at radius 2 is 2.38 bits per heavy atom. The first kappa shape index (κ1) is 5.09. The van der Waals surface area contributed by atoms with Crippen molar-refractivity contribution < 1.29 is 10.1 Å². The van der Waals surface area contributed by atoms with Gasteiger partial charge in [-0.05, 0) is 13.0 Å². The Balaban J connectivity index is 3.13. The predicted molar refractivity (Wildman–Crippen MR) is 29.4 cm³/mol. The summed E-state index contributed by atoms with van der Waals surface area (Å²) in [5.41, 5.74) is 0.868. The Labute approximate surface area is 47.8 Å². The standard InChI is InChI=1S/C6H7NO/c1-5-3-2-4-7-6(5)8/h2-4H,1H3,(H,7,8)/p+1. The van der Waals surface area contributed by atoms with Crippen LogP contribution in [0.15, 0.2) is 18.3 Å². The third-order valence-corrected chi connectivity index (χ3v) is 1.04. The Bertz CT molecular complexity index is 165. The first-order chi connectivity index (χ1) is 3.80. The zero-order valence-corrected chi connectivity index (χ0v) is 4.68. The fraction of sp³-hybridized carbons (Fsp3) is 0.167. The van der Waals surface area contributed by atoms with E-state index in [-0.39, 0.29) is 5.88 Å². The van der Waals surface area contributed by atoms with Gasteiger partial charge in [0.15, 0.2) is 6.20 Å². The molecule has 2 N–H and O–H groups in total. The van der Waals surface area contributed by atoms with Crippen LogP contribution in [0, 0.1) is 6.92 Å². The highest BCUT2D eigenvalue weighted by Crippen LogP contribution is 2.03. The summed E-state index contributed by atoms with van der Waals surface area (Å²) < 4.78 is 0. The summed E-state index contributed by atoms with van der Waals surface area (Å²) in [5, 5.41) is 8.86. The van der Waals surface area contributed by atoms with Crippen molar-refractivity contribution in [2.24, 2.45) is 0 Å². The third kappa shape index (κ3) is 0.780. The van der Waals surface area contributed by atoms with E-state index < -0.39 is 0 Å². The fourth-order valence-corrected chi connectivity index (χ4v) is 0.512. The Morgan fingerprint density at radius 3 is 2.75 bits per heavy atom. The summed E-state index contributed by atoms with van der Waals surface area (Å²) in [6.45, 7) is 1.84. The van der Waals surface area contributed by atoms with Crippen LogP contribution in [0.4, 0.5) is 0 Å². The second kappa shape index (κ2) is 1.82. The van der Waals surface area contributed by atoms with Gasteiger partial charge in [-0.15, -0.1) is 0 Å². The number of pyridine rings is 1. The number of rotatable bonds is 0. The van der Waals surface area contributed by atoms with E-state index in [9.17, 15) is 0 Å². The van der Waals surface area contributed by atoms with Gasteiger partial charge in [0.1, 0.15) is 0 Å². The van der Waals surface area contributed by atoms with Gasteiger partial charge in [0.05, 0.1) is 5.56 Å². The molecule has 0 aliphatic heterocycles. The molecule has 42 valence electrons. The molecule has 0 amide bonds. The van der Waals surface area contributed by atoms with Crippen molar-refractivity contribution in [1.82, 2.24) is 0 Å². The summed E-state index contributed by atoms with van der Waals surface area (Å²) in [6.07, 6.45) is 1.68. The summed E-state index contributed by atoms with van der Waals surface area (Å²) in [7, 11) is 0. The molecule has 0 saturated carbocycles. The first-order valence-corrected chi connectivity index (χ1v) is 2.47. The monoisotopic (exact) mass is 110 g/mol. The van der Waals surface area contributed by atoms with Crippen LogP contribution in [0.3, 0.4) is 0 Å². The first-order valence-electron chi connectivity index (χ1n) is 2.47. The molecule has 2 heteroatoms. The lowest BCUT2D eigenvalue weighted by atomic mass is 10.3. The molecule has 8 heavy (non-hydrogen) atoms. The molecule has 1 aromatic heterocycles. The molecule has 0 saturated heterocycles. The van der Waals surface area contributed by atoms with E-state index in [1.54, 1.807) is 6.20 Å². The minimum atomic E-state index is 0.243. The molecule has 0 aliphatic rings. The van der Waals surface area contributed by atoms with Gasteiger partial charge in [0.25, 0.3) is 0 Å². The average molecular weight is 110 g/mol. The average Bonchev–Trinajstić information content (AvgIpc) is 1.77. The minimum Gasteiger partial charge on any atom is -0.460 e. The van der Waals surface area contributed by atoms with Gasteiger partial charge >= 0.3 is 5.88 Å². The van der Waals surface area contributed by atoms with Gasteiger partial charge in [0, 0.05) is 6.07 Å². The van der Waals surface area contributed by atoms with E-state index in [1.165, 1.54) is 0 Å². The van der Waals surface area contributed by atoms with Gasteiger partial charge in [-0.2, -0.15) is 4.98 Å². The number of nitrogens with one attached hydrogen (secondary N) is 1. The lowest BCUT2D eigenvalue weighted by Crippen LogP contribution is -2.00. The zero-order chi connectivity index (χ0) is 5.98. The molecule has 0 spiro atoms. The van der Waals surface area contributed by atoms with Crippen LogP contribution in [0.5, 0.6) is 5.88 Å². The summed E-state index contributed by atoms with van der Waals surface area (Å²) in [5.74, 6) is 0.243. The van der Waals surface area contributed by atoms with Crippen molar-refractivity contribution >= 4 is 0 Å². The fourth-order valence-electron chi connectivity index (χ4n) is 0.512. The Morgan fingerprint density at radius 1 is 1.62 bits per heavy atom. The largest absolute Gasteiger partial charge is 0.460 e. The Kier molecular flexibility index (Phi) is 1.16. The number of hydrogen-bond donors (Lipinski definition) is 1. The van der Waals surface area contributed by atoms with Crippen molar-refractivity contribution in [3.63, 3.8) is 0 Å². The van der Waals surface area contributed by atoms with Gasteiger partial charge in [-0.1, -0.05) is 0 Å². The van der Waals surface area contributed by atoms with E-state index >= 15 is 0 Å². The lowest BCUT2D eigenvalue weighted by molar-refractivity contribution is -0.394. The summed E-state index contributed by atoms with van der Waals surface area (Å²) in [4.78, 5) is 2.66. The normalized spacial score (nSPS) is 9.12. The molecule has 0 aromatic carbocycles. The SMILES string of the molecule is Cc1ccc[nH+]c1O. The van der Waals surface area contributed by atoms with E-state index in [2.05, 4.69) is 4.98 Å². The molecule has 1 rings (SSSR count). The van der Waals surface area contributed by atoms with Crippen LogP contribution in [0.1, 0.15) is 5.56 Å². The van der Waals surface area contributed by atoms with Crippen molar-refractivity contribution in [2.75, 3.05) is 0 Å². The van der Waals surface area contributed by atoms with Crippen LogP contribution in [0.25, 0.3) is 0 Å². The lowest BCUT2D eigenvalue weighted by Gasteiger charge is -1.84. The highest BCUT2D eigenvalue weighted by molar-refractivity contribution is 5.15. The maximum absolute atomic E-state index is 8.86. The molecule has 2 nitrogen and oxygen atoms in total. The van der Waals surface area contributed by atoms with Crippen molar-refractivity contribution in [1.29, 1.82) is 0 Å². The van der Waals surface area contributed by atoms with Crippen LogP contribution in [-0.4, -0.2) is 5.11 Å². The topological polar surface area (TPSA) is 34.4 Å². The van der Waals surface area contributed by atoms with E-state index in [0.29, 0.717) is 0 Å². The van der Waals surface area contributed by atoms with Crippen LogP contribution >= 0.6 is 0 Å². The third-order valence-electron chi connectivity index (χ3n) is 1.04. The highest BCUT2D eigenvalue weighted by Gasteiger charge is 1.96. The smallest absolute Gasteiger partial charge is 0.366 e. The van der Waals surface area contributed by atoms with E-state index in [4.69, 9.17) is 5.11 Å². The Hall–Kier alpha value is -1.05. The summed E-state index contributed by atoms with van der Waals surface area (Å²) >= 11 is 0.